The van der Waals surface area contributed by atoms with E-state index in [-0.39, 0.29) is 18.4 Å². The van der Waals surface area contributed by atoms with E-state index in [4.69, 9.17) is 4.74 Å². The number of piperazine rings is 1. The Bertz CT molecular complexity index is 1350. The van der Waals surface area contributed by atoms with Gasteiger partial charge < -0.3 is 15.0 Å². The fourth-order valence-corrected chi connectivity index (χ4v) is 6.04. The number of ether oxygens (including phenoxy) is 1. The van der Waals surface area contributed by atoms with Gasteiger partial charge in [-0.25, -0.2) is 0 Å². The van der Waals surface area contributed by atoms with Crippen LogP contribution in [0.3, 0.4) is 0 Å². The van der Waals surface area contributed by atoms with Crippen LogP contribution in [0.5, 0.6) is 5.75 Å². The van der Waals surface area contributed by atoms with Crippen LogP contribution >= 0.6 is 11.8 Å². The standard InChI is InChI=1S/C32H36N4O3S/c1-24-8-10-25(11-9-24)22-30-32(38)36(28-6-3-4-7-29(28)40-30)23-31(37)33-16-5-17-34-18-20-35(21-19-34)26-12-14-27(39-2)15-13-26/h3-4,6-15,22H,5,16-21,23H2,1-2H3,(H,33,37)/b30-22-. The number of aryl methyl sites for hydroxylation is 1. The lowest BCUT2D eigenvalue weighted by Gasteiger charge is -2.36. The predicted molar refractivity (Wildman–Crippen MR) is 163 cm³/mol. The van der Waals surface area contributed by atoms with Crippen molar-refractivity contribution < 1.29 is 14.3 Å². The maximum Gasteiger partial charge on any atom is 0.265 e. The van der Waals surface area contributed by atoms with Crippen molar-refractivity contribution in [3.8, 4) is 5.75 Å². The van der Waals surface area contributed by atoms with E-state index in [1.807, 2.05) is 73.7 Å². The highest BCUT2D eigenvalue weighted by Crippen LogP contribution is 2.41. The van der Waals surface area contributed by atoms with Crippen LogP contribution in [0.2, 0.25) is 0 Å². The van der Waals surface area contributed by atoms with Crippen molar-refractivity contribution in [3.05, 3.63) is 88.8 Å². The zero-order valence-corrected chi connectivity index (χ0v) is 24.0. The second-order valence-electron chi connectivity index (χ2n) is 10.1. The Morgan fingerprint density at radius 3 is 2.42 bits per heavy atom. The van der Waals surface area contributed by atoms with Crippen LogP contribution in [0.4, 0.5) is 11.4 Å². The molecule has 1 saturated heterocycles. The van der Waals surface area contributed by atoms with E-state index in [1.54, 1.807) is 12.0 Å². The van der Waals surface area contributed by atoms with Crippen LogP contribution in [-0.2, 0) is 9.59 Å². The van der Waals surface area contributed by atoms with Crippen molar-refractivity contribution in [1.29, 1.82) is 0 Å². The minimum Gasteiger partial charge on any atom is -0.497 e. The number of hydrogen-bond donors (Lipinski definition) is 1. The molecule has 2 heterocycles. The average molecular weight is 557 g/mol. The van der Waals surface area contributed by atoms with Crippen molar-refractivity contribution in [1.82, 2.24) is 10.2 Å². The van der Waals surface area contributed by atoms with E-state index >= 15 is 0 Å². The van der Waals surface area contributed by atoms with Gasteiger partial charge in [-0.2, -0.15) is 0 Å². The molecular formula is C32H36N4O3S. The Morgan fingerprint density at radius 2 is 1.70 bits per heavy atom. The number of methoxy groups -OCH3 is 1. The SMILES string of the molecule is COc1ccc(N2CCN(CCCNC(=O)CN3C(=O)/C(=C/c4ccc(C)cc4)Sc4ccccc43)CC2)cc1. The lowest BCUT2D eigenvalue weighted by molar-refractivity contribution is -0.122. The smallest absolute Gasteiger partial charge is 0.265 e. The highest BCUT2D eigenvalue weighted by molar-refractivity contribution is 8.04. The molecule has 5 rings (SSSR count). The Hall–Kier alpha value is -3.75. The van der Waals surface area contributed by atoms with Crippen molar-refractivity contribution in [3.63, 3.8) is 0 Å². The molecule has 1 fully saturated rings. The number of nitrogens with one attached hydrogen (secondary N) is 1. The summed E-state index contributed by atoms with van der Waals surface area (Å²) in [5, 5.41) is 3.03. The summed E-state index contributed by atoms with van der Waals surface area (Å²) in [5.41, 5.74) is 4.14. The zero-order chi connectivity index (χ0) is 27.9. The van der Waals surface area contributed by atoms with E-state index in [1.165, 1.54) is 23.0 Å². The zero-order valence-electron chi connectivity index (χ0n) is 23.1. The maximum atomic E-state index is 13.4. The van der Waals surface area contributed by atoms with Gasteiger partial charge in [0.05, 0.1) is 17.7 Å². The number of fused-ring (bicyclic) bond motifs is 1. The lowest BCUT2D eigenvalue weighted by atomic mass is 10.1. The molecule has 0 radical (unpaired) electrons. The molecule has 2 aliphatic rings. The fraction of sp³-hybridized carbons (Fsp3) is 0.312. The highest BCUT2D eigenvalue weighted by Gasteiger charge is 2.30. The first-order chi connectivity index (χ1) is 19.5. The van der Waals surface area contributed by atoms with Gasteiger partial charge in [-0.1, -0.05) is 53.7 Å². The van der Waals surface area contributed by atoms with Crippen LogP contribution in [0.1, 0.15) is 17.5 Å². The van der Waals surface area contributed by atoms with Crippen molar-refractivity contribution in [2.75, 3.05) is 62.7 Å². The minimum atomic E-state index is -0.144. The van der Waals surface area contributed by atoms with Gasteiger partial charge >= 0.3 is 0 Å². The van der Waals surface area contributed by atoms with Crippen LogP contribution < -0.4 is 19.9 Å². The molecule has 1 N–H and O–H groups in total. The molecule has 0 bridgehead atoms. The normalized spacial score (nSPS) is 16.6. The number of carbonyl (C=O) groups excluding carboxylic acids is 2. The van der Waals surface area contributed by atoms with Crippen molar-refractivity contribution >= 4 is 41.0 Å². The molecule has 0 atom stereocenters. The molecule has 3 aromatic carbocycles. The molecule has 40 heavy (non-hydrogen) atoms. The number of hydrogen-bond acceptors (Lipinski definition) is 6. The van der Waals surface area contributed by atoms with E-state index < -0.39 is 0 Å². The summed E-state index contributed by atoms with van der Waals surface area (Å²) in [6.45, 7) is 7.50. The molecule has 2 aliphatic heterocycles. The second kappa shape index (κ2) is 13.1. The Balaban J connectivity index is 1.10. The number of rotatable bonds is 9. The summed E-state index contributed by atoms with van der Waals surface area (Å²) in [6.07, 6.45) is 2.77. The summed E-state index contributed by atoms with van der Waals surface area (Å²) in [5.74, 6) is 0.583. The van der Waals surface area contributed by atoms with Gasteiger partial charge in [0, 0.05) is 43.3 Å². The summed E-state index contributed by atoms with van der Waals surface area (Å²) in [6, 6.07) is 24.1. The topological polar surface area (TPSA) is 65.1 Å². The lowest BCUT2D eigenvalue weighted by Crippen LogP contribution is -2.47. The molecule has 8 heteroatoms. The molecule has 7 nitrogen and oxygen atoms in total. The molecule has 0 aromatic heterocycles. The molecule has 0 aliphatic carbocycles. The van der Waals surface area contributed by atoms with Gasteiger partial charge in [0.15, 0.2) is 0 Å². The number of nitrogens with zero attached hydrogens (tertiary/aromatic N) is 3. The van der Waals surface area contributed by atoms with Crippen molar-refractivity contribution in [2.24, 2.45) is 0 Å². The molecule has 2 amide bonds. The number of carbonyl (C=O) groups is 2. The third kappa shape index (κ3) is 6.87. The summed E-state index contributed by atoms with van der Waals surface area (Å²) in [4.78, 5) is 34.4. The third-order valence-corrected chi connectivity index (χ3v) is 8.37. The van der Waals surface area contributed by atoms with Crippen LogP contribution in [0.25, 0.3) is 6.08 Å². The molecule has 0 unspecified atom stereocenters. The average Bonchev–Trinajstić information content (AvgIpc) is 2.99. The highest BCUT2D eigenvalue weighted by atomic mass is 32.2. The largest absolute Gasteiger partial charge is 0.497 e. The molecular weight excluding hydrogens is 520 g/mol. The predicted octanol–water partition coefficient (Wildman–Crippen LogP) is 4.81. The maximum absolute atomic E-state index is 13.4. The molecule has 3 aromatic rings. The van der Waals surface area contributed by atoms with Crippen LogP contribution in [-0.4, -0.2) is 69.6 Å². The van der Waals surface area contributed by atoms with E-state index in [9.17, 15) is 9.59 Å². The number of amides is 2. The van der Waals surface area contributed by atoms with Gasteiger partial charge in [0.1, 0.15) is 12.3 Å². The Labute approximate surface area is 240 Å². The van der Waals surface area contributed by atoms with Gasteiger partial charge in [-0.15, -0.1) is 0 Å². The third-order valence-electron chi connectivity index (χ3n) is 7.29. The van der Waals surface area contributed by atoms with Gasteiger partial charge in [0.2, 0.25) is 5.91 Å². The first-order valence-electron chi connectivity index (χ1n) is 13.8. The van der Waals surface area contributed by atoms with Crippen LogP contribution in [0.15, 0.2) is 82.6 Å². The number of para-hydroxylation sites is 1. The van der Waals surface area contributed by atoms with Crippen LogP contribution in [0, 0.1) is 6.92 Å². The molecule has 0 spiro atoms. The summed E-state index contributed by atoms with van der Waals surface area (Å²) >= 11 is 1.46. The fourth-order valence-electron chi connectivity index (χ4n) is 4.99. The van der Waals surface area contributed by atoms with Gasteiger partial charge in [-0.3, -0.25) is 19.4 Å². The molecule has 0 saturated carbocycles. The summed E-state index contributed by atoms with van der Waals surface area (Å²) in [7, 11) is 1.68. The second-order valence-corrected chi connectivity index (χ2v) is 11.2. The number of benzene rings is 3. The molecule has 208 valence electrons. The first kappa shape index (κ1) is 27.8. The van der Waals surface area contributed by atoms with E-state index in [2.05, 4.69) is 27.2 Å². The minimum absolute atomic E-state index is 0.00216. The number of anilines is 2. The Morgan fingerprint density at radius 1 is 0.975 bits per heavy atom. The van der Waals surface area contributed by atoms with Gasteiger partial charge in [-0.05, 0) is 67.9 Å². The number of thioether (sulfide) groups is 1. The first-order valence-corrected chi connectivity index (χ1v) is 14.6. The van der Waals surface area contributed by atoms with E-state index in [0.29, 0.717) is 11.4 Å². The van der Waals surface area contributed by atoms with Gasteiger partial charge in [0.25, 0.3) is 5.91 Å². The van der Waals surface area contributed by atoms with E-state index in [0.717, 1.165) is 61.0 Å². The van der Waals surface area contributed by atoms with Crippen molar-refractivity contribution in [2.45, 2.75) is 18.2 Å². The Kier molecular flexibility index (Phi) is 9.08. The monoisotopic (exact) mass is 556 g/mol. The summed E-state index contributed by atoms with van der Waals surface area (Å²) < 4.78 is 5.26. The quantitative estimate of drug-likeness (QED) is 0.302.